The third kappa shape index (κ3) is 4.40. The van der Waals surface area contributed by atoms with Crippen LogP contribution in [0, 0.1) is 0 Å². The van der Waals surface area contributed by atoms with E-state index in [0.29, 0.717) is 21.5 Å². The quantitative estimate of drug-likeness (QED) is 0.836. The van der Waals surface area contributed by atoms with Gasteiger partial charge in [-0.25, -0.2) is 0 Å². The Labute approximate surface area is 135 Å². The largest absolute Gasteiger partial charge is 0.483 e. The number of para-hydroxylation sites is 1. The summed E-state index contributed by atoms with van der Waals surface area (Å²) in [6.07, 6.45) is 0. The van der Waals surface area contributed by atoms with Crippen molar-refractivity contribution in [2.75, 3.05) is 11.9 Å². The standard InChI is InChI=1S/C14H10BrCl2NO2/c15-12-3-1-2-4-13(12)20-8-14(19)18-11-6-9(16)5-10(17)7-11/h1-7H,8H2,(H,18,19). The van der Waals surface area contributed by atoms with Crippen LogP contribution in [0.15, 0.2) is 46.9 Å². The molecule has 0 aromatic heterocycles. The minimum atomic E-state index is -0.293. The molecule has 0 saturated carbocycles. The first-order valence-electron chi connectivity index (χ1n) is 5.68. The molecule has 20 heavy (non-hydrogen) atoms. The first-order valence-corrected chi connectivity index (χ1v) is 7.23. The van der Waals surface area contributed by atoms with Crippen LogP contribution in [0.1, 0.15) is 0 Å². The molecule has 6 heteroatoms. The second kappa shape index (κ2) is 6.97. The van der Waals surface area contributed by atoms with E-state index in [1.165, 1.54) is 0 Å². The molecule has 0 heterocycles. The maximum Gasteiger partial charge on any atom is 0.262 e. The first-order chi connectivity index (χ1) is 9.54. The Morgan fingerprint density at radius 2 is 1.80 bits per heavy atom. The minimum Gasteiger partial charge on any atom is -0.483 e. The number of carbonyl (C=O) groups excluding carboxylic acids is 1. The van der Waals surface area contributed by atoms with E-state index in [9.17, 15) is 4.79 Å². The highest BCUT2D eigenvalue weighted by Gasteiger charge is 2.07. The Balaban J connectivity index is 1.94. The second-order valence-electron chi connectivity index (χ2n) is 3.93. The summed E-state index contributed by atoms with van der Waals surface area (Å²) in [6.45, 7) is -0.104. The molecule has 0 aliphatic carbocycles. The van der Waals surface area contributed by atoms with Crippen molar-refractivity contribution in [2.24, 2.45) is 0 Å². The third-order valence-electron chi connectivity index (χ3n) is 2.34. The molecule has 104 valence electrons. The van der Waals surface area contributed by atoms with Gasteiger partial charge in [0.1, 0.15) is 5.75 Å². The fraction of sp³-hybridized carbons (Fsp3) is 0.0714. The summed E-state index contributed by atoms with van der Waals surface area (Å²) in [6, 6.07) is 12.1. The van der Waals surface area contributed by atoms with Crippen LogP contribution in [0.3, 0.4) is 0 Å². The summed E-state index contributed by atoms with van der Waals surface area (Å²) >= 11 is 15.0. The van der Waals surface area contributed by atoms with Crippen molar-refractivity contribution in [2.45, 2.75) is 0 Å². The minimum absolute atomic E-state index is 0.104. The molecule has 0 atom stereocenters. The number of amides is 1. The molecule has 0 aliphatic heterocycles. The average Bonchev–Trinajstić information content (AvgIpc) is 2.36. The Bertz CT molecular complexity index is 614. The van der Waals surface area contributed by atoms with Gasteiger partial charge in [-0.15, -0.1) is 0 Å². The van der Waals surface area contributed by atoms with Gasteiger partial charge >= 0.3 is 0 Å². The highest BCUT2D eigenvalue weighted by atomic mass is 79.9. The number of carbonyl (C=O) groups is 1. The van der Waals surface area contributed by atoms with Gasteiger partial charge in [-0.05, 0) is 46.3 Å². The van der Waals surface area contributed by atoms with Crippen LogP contribution in [0.4, 0.5) is 5.69 Å². The van der Waals surface area contributed by atoms with Crippen LogP contribution in [0.2, 0.25) is 10.0 Å². The maximum atomic E-state index is 11.8. The normalized spacial score (nSPS) is 10.2. The lowest BCUT2D eigenvalue weighted by Crippen LogP contribution is -2.20. The Kier molecular flexibility index (Phi) is 5.29. The zero-order chi connectivity index (χ0) is 14.5. The predicted molar refractivity (Wildman–Crippen MR) is 84.7 cm³/mol. The fourth-order valence-electron chi connectivity index (χ4n) is 1.53. The lowest BCUT2D eigenvalue weighted by atomic mass is 10.3. The van der Waals surface area contributed by atoms with Crippen molar-refractivity contribution in [3.8, 4) is 5.75 Å². The van der Waals surface area contributed by atoms with Gasteiger partial charge in [0, 0.05) is 15.7 Å². The number of anilines is 1. The van der Waals surface area contributed by atoms with E-state index in [1.54, 1.807) is 24.3 Å². The van der Waals surface area contributed by atoms with Gasteiger partial charge in [0.15, 0.2) is 6.61 Å². The fourth-order valence-corrected chi connectivity index (χ4v) is 2.45. The van der Waals surface area contributed by atoms with Crippen LogP contribution >= 0.6 is 39.1 Å². The molecule has 3 nitrogen and oxygen atoms in total. The highest BCUT2D eigenvalue weighted by Crippen LogP contribution is 2.24. The molecule has 0 aliphatic rings. The van der Waals surface area contributed by atoms with Crippen molar-refractivity contribution in [3.05, 3.63) is 57.0 Å². The Morgan fingerprint density at radius 1 is 1.15 bits per heavy atom. The molecular formula is C14H10BrCl2NO2. The summed E-state index contributed by atoms with van der Waals surface area (Å²) in [5.41, 5.74) is 0.531. The average molecular weight is 375 g/mol. The molecule has 0 fully saturated rings. The predicted octanol–water partition coefficient (Wildman–Crippen LogP) is 4.77. The molecule has 0 bridgehead atoms. The third-order valence-corrected chi connectivity index (χ3v) is 3.43. The van der Waals surface area contributed by atoms with E-state index in [2.05, 4.69) is 21.2 Å². The maximum absolute atomic E-state index is 11.8. The molecule has 2 rings (SSSR count). The molecule has 1 N–H and O–H groups in total. The lowest BCUT2D eigenvalue weighted by molar-refractivity contribution is -0.118. The van der Waals surface area contributed by atoms with Crippen LogP contribution < -0.4 is 10.1 Å². The van der Waals surface area contributed by atoms with Gasteiger partial charge in [0.05, 0.1) is 4.47 Å². The molecule has 1 amide bonds. The Hall–Kier alpha value is -1.23. The van der Waals surface area contributed by atoms with Crippen molar-refractivity contribution >= 4 is 50.7 Å². The van der Waals surface area contributed by atoms with Gasteiger partial charge in [0.2, 0.25) is 0 Å². The second-order valence-corrected chi connectivity index (χ2v) is 5.65. The van der Waals surface area contributed by atoms with Crippen LogP contribution in [0.5, 0.6) is 5.75 Å². The number of benzene rings is 2. The van der Waals surface area contributed by atoms with Gasteiger partial charge in [-0.2, -0.15) is 0 Å². The number of hydrogen-bond acceptors (Lipinski definition) is 2. The molecule has 0 spiro atoms. The summed E-state index contributed by atoms with van der Waals surface area (Å²) in [5.74, 6) is 0.311. The van der Waals surface area contributed by atoms with Crippen LogP contribution in [-0.2, 0) is 4.79 Å². The summed E-state index contributed by atoms with van der Waals surface area (Å²) < 4.78 is 6.20. The van der Waals surface area contributed by atoms with Gasteiger partial charge in [-0.3, -0.25) is 4.79 Å². The molecule has 2 aromatic carbocycles. The summed E-state index contributed by atoms with van der Waals surface area (Å²) in [5, 5.41) is 3.58. The Morgan fingerprint density at radius 3 is 2.45 bits per heavy atom. The molecule has 2 aromatic rings. The first kappa shape index (κ1) is 15.2. The van der Waals surface area contributed by atoms with E-state index in [4.69, 9.17) is 27.9 Å². The number of halogens is 3. The van der Waals surface area contributed by atoms with Crippen molar-refractivity contribution in [1.29, 1.82) is 0 Å². The molecule has 0 radical (unpaired) electrons. The van der Waals surface area contributed by atoms with Crippen LogP contribution in [0.25, 0.3) is 0 Å². The number of hydrogen-bond donors (Lipinski definition) is 1. The van der Waals surface area contributed by atoms with E-state index < -0.39 is 0 Å². The highest BCUT2D eigenvalue weighted by molar-refractivity contribution is 9.10. The van der Waals surface area contributed by atoms with Gasteiger partial charge in [-0.1, -0.05) is 35.3 Å². The number of rotatable bonds is 4. The van der Waals surface area contributed by atoms with Crippen molar-refractivity contribution < 1.29 is 9.53 Å². The summed E-state index contributed by atoms with van der Waals surface area (Å²) in [4.78, 5) is 11.8. The zero-order valence-corrected chi connectivity index (χ0v) is 13.3. The van der Waals surface area contributed by atoms with E-state index in [1.807, 2.05) is 18.2 Å². The van der Waals surface area contributed by atoms with E-state index in [-0.39, 0.29) is 12.5 Å². The number of ether oxygens (including phenoxy) is 1. The molecule has 0 saturated heterocycles. The van der Waals surface area contributed by atoms with Crippen molar-refractivity contribution in [3.63, 3.8) is 0 Å². The van der Waals surface area contributed by atoms with Gasteiger partial charge < -0.3 is 10.1 Å². The van der Waals surface area contributed by atoms with Gasteiger partial charge in [0.25, 0.3) is 5.91 Å². The SMILES string of the molecule is O=C(COc1ccccc1Br)Nc1cc(Cl)cc(Cl)c1. The summed E-state index contributed by atoms with van der Waals surface area (Å²) in [7, 11) is 0. The lowest BCUT2D eigenvalue weighted by Gasteiger charge is -2.09. The topological polar surface area (TPSA) is 38.3 Å². The molecular weight excluding hydrogens is 365 g/mol. The number of nitrogens with one attached hydrogen (secondary N) is 1. The van der Waals surface area contributed by atoms with E-state index in [0.717, 1.165) is 4.47 Å². The molecule has 0 unspecified atom stereocenters. The van der Waals surface area contributed by atoms with Crippen molar-refractivity contribution in [1.82, 2.24) is 0 Å². The monoisotopic (exact) mass is 373 g/mol. The van der Waals surface area contributed by atoms with E-state index >= 15 is 0 Å². The smallest absolute Gasteiger partial charge is 0.262 e. The van der Waals surface area contributed by atoms with Crippen LogP contribution in [-0.4, -0.2) is 12.5 Å². The zero-order valence-electron chi connectivity index (χ0n) is 10.2.